The molecule has 0 spiro atoms. The van der Waals surface area contributed by atoms with Gasteiger partial charge in [-0.15, -0.1) is 0 Å². The molecule has 18 heavy (non-hydrogen) atoms. The molecule has 0 bridgehead atoms. The second-order valence-electron chi connectivity index (χ2n) is 4.15. The van der Waals surface area contributed by atoms with E-state index in [4.69, 9.17) is 9.47 Å². The van der Waals surface area contributed by atoms with Gasteiger partial charge in [-0.2, -0.15) is 0 Å². The fourth-order valence-corrected chi connectivity index (χ4v) is 1.63. The third-order valence-electron chi connectivity index (χ3n) is 2.32. The first-order valence-electron chi connectivity index (χ1n) is 5.83. The lowest BCUT2D eigenvalue weighted by molar-refractivity contribution is -0.149. The summed E-state index contributed by atoms with van der Waals surface area (Å²) in [5.74, 6) is 0.271. The summed E-state index contributed by atoms with van der Waals surface area (Å²) >= 11 is 0. The Bertz CT molecular complexity index is 546. The molecule has 0 aliphatic rings. The number of hydrogen-bond acceptors (Lipinski definition) is 4. The molecule has 1 aromatic carbocycles. The number of fused-ring (bicyclic) bond motifs is 1. The number of ether oxygens (including phenoxy) is 2. The summed E-state index contributed by atoms with van der Waals surface area (Å²) in [6.07, 6.45) is 1.59. The highest BCUT2D eigenvalue weighted by atomic mass is 16.6. The summed E-state index contributed by atoms with van der Waals surface area (Å²) in [6.45, 7) is 3.52. The average molecular weight is 245 g/mol. The average Bonchev–Trinajstić information content (AvgIpc) is 2.35. The third kappa shape index (κ3) is 2.97. The first-order chi connectivity index (χ1) is 8.66. The lowest BCUT2D eigenvalue weighted by Gasteiger charge is -2.10. The molecule has 1 heterocycles. The molecule has 0 saturated heterocycles. The van der Waals surface area contributed by atoms with Gasteiger partial charge in [-0.1, -0.05) is 6.07 Å². The van der Waals surface area contributed by atoms with E-state index in [2.05, 4.69) is 4.98 Å². The molecular weight excluding hydrogens is 230 g/mol. The van der Waals surface area contributed by atoms with Crippen molar-refractivity contribution in [2.45, 2.75) is 20.0 Å². The number of aromatic nitrogens is 1. The largest absolute Gasteiger partial charge is 0.481 e. The maximum Gasteiger partial charge on any atom is 0.344 e. The van der Waals surface area contributed by atoms with Crippen LogP contribution in [0.5, 0.6) is 5.75 Å². The van der Waals surface area contributed by atoms with Crippen LogP contribution in [0.1, 0.15) is 13.8 Å². The Kier molecular flexibility index (Phi) is 3.77. The highest BCUT2D eigenvalue weighted by Crippen LogP contribution is 2.23. The van der Waals surface area contributed by atoms with E-state index in [0.29, 0.717) is 5.75 Å². The lowest BCUT2D eigenvalue weighted by atomic mass is 10.2. The summed E-state index contributed by atoms with van der Waals surface area (Å²) in [4.78, 5) is 15.6. The third-order valence-corrected chi connectivity index (χ3v) is 2.32. The number of carbonyl (C=O) groups excluding carboxylic acids is 1. The van der Waals surface area contributed by atoms with Crippen LogP contribution >= 0.6 is 0 Å². The highest BCUT2D eigenvalue weighted by Gasteiger charge is 2.08. The quantitative estimate of drug-likeness (QED) is 0.777. The van der Waals surface area contributed by atoms with Crippen LogP contribution in [0, 0.1) is 0 Å². The molecule has 0 saturated carbocycles. The van der Waals surface area contributed by atoms with Crippen molar-refractivity contribution < 1.29 is 14.3 Å². The Hall–Kier alpha value is -2.10. The van der Waals surface area contributed by atoms with Gasteiger partial charge in [-0.3, -0.25) is 4.98 Å². The number of benzene rings is 1. The topological polar surface area (TPSA) is 48.4 Å². The zero-order valence-corrected chi connectivity index (χ0v) is 10.4. The molecule has 1 aromatic heterocycles. The summed E-state index contributed by atoms with van der Waals surface area (Å²) in [6, 6.07) is 9.30. The van der Waals surface area contributed by atoms with Gasteiger partial charge in [0.2, 0.25) is 0 Å². The predicted molar refractivity (Wildman–Crippen MR) is 68.5 cm³/mol. The van der Waals surface area contributed by atoms with E-state index < -0.39 is 0 Å². The van der Waals surface area contributed by atoms with Gasteiger partial charge in [-0.25, -0.2) is 4.79 Å². The van der Waals surface area contributed by atoms with Crippen LogP contribution in [-0.2, 0) is 9.53 Å². The molecule has 0 radical (unpaired) electrons. The minimum absolute atomic E-state index is 0.0911. The van der Waals surface area contributed by atoms with Crippen molar-refractivity contribution in [2.24, 2.45) is 0 Å². The summed E-state index contributed by atoms with van der Waals surface area (Å²) < 4.78 is 10.5. The van der Waals surface area contributed by atoms with Crippen LogP contribution in [-0.4, -0.2) is 23.7 Å². The van der Waals surface area contributed by atoms with Gasteiger partial charge in [0.25, 0.3) is 0 Å². The molecule has 4 heteroatoms. The second kappa shape index (κ2) is 5.49. The number of nitrogens with zero attached hydrogens (tertiary/aromatic N) is 1. The van der Waals surface area contributed by atoms with Gasteiger partial charge in [-0.05, 0) is 38.1 Å². The molecule has 94 valence electrons. The van der Waals surface area contributed by atoms with Gasteiger partial charge >= 0.3 is 5.97 Å². The van der Waals surface area contributed by atoms with E-state index in [0.717, 1.165) is 10.9 Å². The van der Waals surface area contributed by atoms with Crippen LogP contribution in [0.25, 0.3) is 10.9 Å². The minimum atomic E-state index is -0.370. The molecule has 0 unspecified atom stereocenters. The van der Waals surface area contributed by atoms with Crippen molar-refractivity contribution in [3.63, 3.8) is 0 Å². The lowest BCUT2D eigenvalue weighted by Crippen LogP contribution is -2.18. The van der Waals surface area contributed by atoms with Crippen molar-refractivity contribution in [3.05, 3.63) is 36.5 Å². The van der Waals surface area contributed by atoms with Crippen molar-refractivity contribution >= 4 is 16.9 Å². The van der Waals surface area contributed by atoms with Crippen molar-refractivity contribution in [3.8, 4) is 5.75 Å². The number of pyridine rings is 1. The second-order valence-corrected chi connectivity index (χ2v) is 4.15. The smallest absolute Gasteiger partial charge is 0.344 e. The van der Waals surface area contributed by atoms with Crippen molar-refractivity contribution in [2.75, 3.05) is 6.61 Å². The fourth-order valence-electron chi connectivity index (χ4n) is 1.63. The summed E-state index contributed by atoms with van der Waals surface area (Å²) in [5.41, 5.74) is 0.840. The van der Waals surface area contributed by atoms with E-state index in [1.807, 2.05) is 30.3 Å². The Morgan fingerprint density at radius 2 is 2.11 bits per heavy atom. The first kappa shape index (κ1) is 12.4. The Labute approximate surface area is 106 Å². The maximum atomic E-state index is 11.4. The number of hydrogen-bond donors (Lipinski definition) is 0. The van der Waals surface area contributed by atoms with Gasteiger partial charge in [0.1, 0.15) is 5.75 Å². The number of rotatable bonds is 4. The molecule has 0 amide bonds. The normalized spacial score (nSPS) is 10.6. The highest BCUT2D eigenvalue weighted by molar-refractivity contribution is 5.85. The minimum Gasteiger partial charge on any atom is -0.481 e. The van der Waals surface area contributed by atoms with Crippen LogP contribution in [0.3, 0.4) is 0 Å². The molecule has 0 N–H and O–H groups in total. The standard InChI is InChI=1S/C14H15NO3/c1-10(2)18-14(16)9-17-13-7-3-6-12-11(13)5-4-8-15-12/h3-8,10H,9H2,1-2H3. The summed E-state index contributed by atoms with van der Waals surface area (Å²) in [7, 11) is 0. The Balaban J connectivity index is 2.10. The molecule has 2 rings (SSSR count). The maximum absolute atomic E-state index is 11.4. The van der Waals surface area contributed by atoms with E-state index >= 15 is 0 Å². The predicted octanol–water partition coefficient (Wildman–Crippen LogP) is 2.57. The zero-order chi connectivity index (χ0) is 13.0. The van der Waals surface area contributed by atoms with Crippen LogP contribution in [0.15, 0.2) is 36.5 Å². The molecule has 0 fully saturated rings. The molecule has 4 nitrogen and oxygen atoms in total. The van der Waals surface area contributed by atoms with Crippen molar-refractivity contribution in [1.29, 1.82) is 0 Å². The first-order valence-corrected chi connectivity index (χ1v) is 5.83. The SMILES string of the molecule is CC(C)OC(=O)COc1cccc2ncccc12. The van der Waals surface area contributed by atoms with Gasteiger partial charge in [0, 0.05) is 11.6 Å². The molecular formula is C14H15NO3. The van der Waals surface area contributed by atoms with Gasteiger partial charge in [0.15, 0.2) is 6.61 Å². The summed E-state index contributed by atoms with van der Waals surface area (Å²) in [5, 5.41) is 0.886. The van der Waals surface area contributed by atoms with Gasteiger partial charge < -0.3 is 9.47 Å². The monoisotopic (exact) mass is 245 g/mol. The zero-order valence-electron chi connectivity index (χ0n) is 10.4. The van der Waals surface area contributed by atoms with Crippen LogP contribution < -0.4 is 4.74 Å². The molecule has 0 aliphatic carbocycles. The number of esters is 1. The molecule has 2 aromatic rings. The van der Waals surface area contributed by atoms with Crippen LogP contribution in [0.2, 0.25) is 0 Å². The Morgan fingerprint density at radius 3 is 2.89 bits per heavy atom. The molecule has 0 aliphatic heterocycles. The number of carbonyl (C=O) groups is 1. The fraction of sp³-hybridized carbons (Fsp3) is 0.286. The van der Waals surface area contributed by atoms with E-state index in [1.165, 1.54) is 0 Å². The van der Waals surface area contributed by atoms with Crippen LogP contribution in [0.4, 0.5) is 0 Å². The van der Waals surface area contributed by atoms with Crippen molar-refractivity contribution in [1.82, 2.24) is 4.98 Å². The van der Waals surface area contributed by atoms with Gasteiger partial charge in [0.05, 0.1) is 11.6 Å². The van der Waals surface area contributed by atoms with E-state index in [1.54, 1.807) is 20.0 Å². The van der Waals surface area contributed by atoms with E-state index in [-0.39, 0.29) is 18.7 Å². The Morgan fingerprint density at radius 1 is 1.28 bits per heavy atom. The van der Waals surface area contributed by atoms with E-state index in [9.17, 15) is 4.79 Å². The molecule has 0 atom stereocenters.